The predicted octanol–water partition coefficient (Wildman–Crippen LogP) is 3.06. The molecule has 0 aromatic heterocycles. The van der Waals surface area contributed by atoms with Crippen molar-refractivity contribution in [2.24, 2.45) is 0 Å². The number of hydrogen-bond donors (Lipinski definition) is 0. The van der Waals surface area contributed by atoms with Crippen LogP contribution >= 0.6 is 23.2 Å². The van der Waals surface area contributed by atoms with Gasteiger partial charge in [0, 0.05) is 17.5 Å². The van der Waals surface area contributed by atoms with Crippen LogP contribution in [0, 0.1) is 0 Å². The molecule has 1 atom stereocenters. The Hall–Kier alpha value is -1.26. The Labute approximate surface area is 120 Å². The van der Waals surface area contributed by atoms with Gasteiger partial charge in [0.05, 0.1) is 11.6 Å². The lowest BCUT2D eigenvalue weighted by molar-refractivity contribution is -0.150. The zero-order chi connectivity index (χ0) is 14.2. The van der Waals surface area contributed by atoms with E-state index in [0.29, 0.717) is 23.3 Å². The Balaban J connectivity index is 2.36. The molecular formula is C13H12Cl2O4. The Kier molecular flexibility index (Phi) is 4.02. The average molecular weight is 303 g/mol. The Bertz CT molecular complexity index is 554. The maximum Gasteiger partial charge on any atom is 0.347 e. The number of benzene rings is 1. The number of Topliss-reactive ketones (excluding diaryl/α,β-unsaturated/α-hetero) is 1. The van der Waals surface area contributed by atoms with Crippen LogP contribution in [0.2, 0.25) is 10.0 Å². The molecule has 1 aliphatic heterocycles. The number of rotatable bonds is 3. The molecule has 1 heterocycles. The van der Waals surface area contributed by atoms with Crippen molar-refractivity contribution in [2.75, 3.05) is 6.61 Å². The second-order valence-electron chi connectivity index (χ2n) is 4.16. The van der Waals surface area contributed by atoms with Gasteiger partial charge in [-0.3, -0.25) is 4.79 Å². The molecule has 102 valence electrons. The van der Waals surface area contributed by atoms with Crippen LogP contribution in [-0.2, 0) is 16.0 Å². The first-order valence-electron chi connectivity index (χ1n) is 5.80. The zero-order valence-electron chi connectivity index (χ0n) is 10.5. The first-order chi connectivity index (χ1) is 8.95. The van der Waals surface area contributed by atoms with Gasteiger partial charge in [-0.15, -0.1) is 0 Å². The monoisotopic (exact) mass is 302 g/mol. The zero-order valence-corrected chi connectivity index (χ0v) is 12.0. The molecule has 4 nitrogen and oxygen atoms in total. The highest BCUT2D eigenvalue weighted by Crippen LogP contribution is 2.42. The van der Waals surface area contributed by atoms with E-state index in [1.54, 1.807) is 13.0 Å². The van der Waals surface area contributed by atoms with Gasteiger partial charge < -0.3 is 9.47 Å². The van der Waals surface area contributed by atoms with Crippen molar-refractivity contribution in [1.82, 2.24) is 0 Å². The van der Waals surface area contributed by atoms with E-state index < -0.39 is 12.1 Å². The SMILES string of the molecule is CCOC(=O)C1Cc2cc(C(C)=O)c(Cl)c(Cl)c2O1. The number of carbonyl (C=O) groups is 2. The van der Waals surface area contributed by atoms with Crippen LogP contribution in [0.15, 0.2) is 6.07 Å². The van der Waals surface area contributed by atoms with Gasteiger partial charge in [0.1, 0.15) is 10.8 Å². The van der Waals surface area contributed by atoms with Crippen molar-refractivity contribution in [1.29, 1.82) is 0 Å². The quantitative estimate of drug-likeness (QED) is 0.636. The topological polar surface area (TPSA) is 52.6 Å². The van der Waals surface area contributed by atoms with Crippen LogP contribution in [-0.4, -0.2) is 24.5 Å². The van der Waals surface area contributed by atoms with Gasteiger partial charge in [0.25, 0.3) is 0 Å². The molecular weight excluding hydrogens is 291 g/mol. The lowest BCUT2D eigenvalue weighted by Crippen LogP contribution is -2.27. The lowest BCUT2D eigenvalue weighted by atomic mass is 10.0. The third-order valence-corrected chi connectivity index (χ3v) is 3.68. The highest BCUT2D eigenvalue weighted by Gasteiger charge is 2.33. The van der Waals surface area contributed by atoms with Crippen molar-refractivity contribution in [3.8, 4) is 5.75 Å². The summed E-state index contributed by atoms with van der Waals surface area (Å²) in [5, 5.41) is 0.314. The first-order valence-corrected chi connectivity index (χ1v) is 6.56. The molecule has 6 heteroatoms. The van der Waals surface area contributed by atoms with E-state index in [9.17, 15) is 9.59 Å². The minimum Gasteiger partial charge on any atom is -0.476 e. The third kappa shape index (κ3) is 2.55. The summed E-state index contributed by atoms with van der Waals surface area (Å²) in [6, 6.07) is 1.62. The fourth-order valence-corrected chi connectivity index (χ4v) is 2.49. The first kappa shape index (κ1) is 14.2. The summed E-state index contributed by atoms with van der Waals surface area (Å²) in [6.07, 6.45) is -0.406. The summed E-state index contributed by atoms with van der Waals surface area (Å²) in [5.41, 5.74) is 1.02. The average Bonchev–Trinajstić information content (AvgIpc) is 2.78. The Morgan fingerprint density at radius 3 is 2.68 bits per heavy atom. The van der Waals surface area contributed by atoms with Crippen LogP contribution < -0.4 is 4.74 Å². The van der Waals surface area contributed by atoms with Gasteiger partial charge >= 0.3 is 5.97 Å². The summed E-state index contributed by atoms with van der Waals surface area (Å²) in [6.45, 7) is 3.41. The van der Waals surface area contributed by atoms with Crippen molar-refractivity contribution < 1.29 is 19.1 Å². The highest BCUT2D eigenvalue weighted by molar-refractivity contribution is 6.45. The van der Waals surface area contributed by atoms with Gasteiger partial charge in [-0.05, 0) is 19.9 Å². The van der Waals surface area contributed by atoms with Gasteiger partial charge in [0.15, 0.2) is 11.9 Å². The maximum absolute atomic E-state index is 11.6. The van der Waals surface area contributed by atoms with E-state index in [2.05, 4.69) is 0 Å². The number of ketones is 1. The van der Waals surface area contributed by atoms with Crippen molar-refractivity contribution in [3.05, 3.63) is 27.2 Å². The van der Waals surface area contributed by atoms with Gasteiger partial charge in [-0.25, -0.2) is 4.79 Å². The van der Waals surface area contributed by atoms with E-state index in [0.717, 1.165) is 0 Å². The molecule has 1 aromatic carbocycles. The largest absolute Gasteiger partial charge is 0.476 e. The molecule has 0 amide bonds. The molecule has 2 rings (SSSR count). The summed E-state index contributed by atoms with van der Waals surface area (Å²) in [7, 11) is 0. The van der Waals surface area contributed by atoms with E-state index in [1.165, 1.54) is 6.92 Å². The maximum atomic E-state index is 11.6. The molecule has 0 saturated heterocycles. The van der Waals surface area contributed by atoms with E-state index in [4.69, 9.17) is 32.7 Å². The minimum absolute atomic E-state index is 0.150. The van der Waals surface area contributed by atoms with Gasteiger partial charge in [-0.1, -0.05) is 23.2 Å². The summed E-state index contributed by atoms with van der Waals surface area (Å²) >= 11 is 12.1. The van der Waals surface area contributed by atoms with Crippen LogP contribution in [0.3, 0.4) is 0 Å². The third-order valence-electron chi connectivity index (χ3n) is 2.83. The molecule has 19 heavy (non-hydrogen) atoms. The molecule has 1 aliphatic rings. The Morgan fingerprint density at radius 1 is 1.42 bits per heavy atom. The number of halogens is 2. The van der Waals surface area contributed by atoms with Crippen molar-refractivity contribution in [3.63, 3.8) is 0 Å². The normalized spacial score (nSPS) is 16.7. The van der Waals surface area contributed by atoms with E-state index in [-0.39, 0.29) is 22.4 Å². The number of hydrogen-bond acceptors (Lipinski definition) is 4. The fraction of sp³-hybridized carbons (Fsp3) is 0.385. The van der Waals surface area contributed by atoms with Crippen LogP contribution in [0.4, 0.5) is 0 Å². The van der Waals surface area contributed by atoms with E-state index >= 15 is 0 Å². The number of esters is 1. The lowest BCUT2D eigenvalue weighted by Gasteiger charge is -2.10. The molecule has 0 bridgehead atoms. The number of fused-ring (bicyclic) bond motifs is 1. The standard InChI is InChI=1S/C13H12Cl2O4/c1-3-18-13(17)9-5-7-4-8(6(2)16)10(14)11(15)12(7)19-9/h4,9H,3,5H2,1-2H3. The summed E-state index contributed by atoms with van der Waals surface area (Å²) in [4.78, 5) is 23.1. The van der Waals surface area contributed by atoms with Crippen LogP contribution in [0.1, 0.15) is 29.8 Å². The molecule has 0 radical (unpaired) electrons. The molecule has 0 aliphatic carbocycles. The highest BCUT2D eigenvalue weighted by atomic mass is 35.5. The second-order valence-corrected chi connectivity index (χ2v) is 4.92. The predicted molar refractivity (Wildman–Crippen MR) is 71.2 cm³/mol. The number of ether oxygens (including phenoxy) is 2. The summed E-state index contributed by atoms with van der Waals surface area (Å²) in [5.74, 6) is -0.278. The van der Waals surface area contributed by atoms with Crippen molar-refractivity contribution in [2.45, 2.75) is 26.4 Å². The molecule has 0 N–H and O–H groups in total. The van der Waals surface area contributed by atoms with Gasteiger partial charge in [0.2, 0.25) is 0 Å². The molecule has 0 spiro atoms. The second kappa shape index (κ2) is 5.39. The Morgan fingerprint density at radius 2 is 2.11 bits per heavy atom. The van der Waals surface area contributed by atoms with Crippen LogP contribution in [0.5, 0.6) is 5.75 Å². The van der Waals surface area contributed by atoms with Crippen LogP contribution in [0.25, 0.3) is 0 Å². The molecule has 0 saturated carbocycles. The summed E-state index contributed by atoms with van der Waals surface area (Å²) < 4.78 is 10.4. The van der Waals surface area contributed by atoms with E-state index in [1.807, 2.05) is 0 Å². The minimum atomic E-state index is -0.731. The van der Waals surface area contributed by atoms with Crippen molar-refractivity contribution >= 4 is 35.0 Å². The molecule has 1 aromatic rings. The molecule has 0 fully saturated rings. The molecule has 1 unspecified atom stereocenters. The number of carbonyl (C=O) groups excluding carboxylic acids is 2. The van der Waals surface area contributed by atoms with Gasteiger partial charge in [-0.2, -0.15) is 0 Å². The smallest absolute Gasteiger partial charge is 0.347 e. The fourth-order valence-electron chi connectivity index (χ4n) is 1.95.